The van der Waals surface area contributed by atoms with Crippen molar-refractivity contribution in [2.45, 2.75) is 64.2 Å². The largest absolute Gasteiger partial charge is 1.00 e. The van der Waals surface area contributed by atoms with Gasteiger partial charge in [-0.1, -0.05) is 148 Å². The molecular formula is C113H109Cl2N21O10-2. The Bertz CT molecular complexity index is 7150. The molecule has 0 aliphatic heterocycles. The topological polar surface area (TPSA) is 408 Å². The van der Waals surface area contributed by atoms with Crippen molar-refractivity contribution in [3.63, 3.8) is 0 Å². The molecule has 0 atom stereocenters. The van der Waals surface area contributed by atoms with Crippen molar-refractivity contribution in [1.29, 1.82) is 0 Å². The molecule has 742 valence electrons. The number of halogens is 2. The molecule has 33 heteroatoms. The van der Waals surface area contributed by atoms with Gasteiger partial charge in [-0.15, -0.1) is 12.3 Å². The molecule has 0 fully saturated rings. The third-order valence-electron chi connectivity index (χ3n) is 21.7. The highest BCUT2D eigenvalue weighted by atomic mass is 35.5. The van der Waals surface area contributed by atoms with Gasteiger partial charge in [-0.3, -0.25) is 34.7 Å². The van der Waals surface area contributed by atoms with Crippen molar-refractivity contribution in [3.05, 3.63) is 337 Å². The minimum atomic E-state index is 0. The fraction of sp³-hybridized carbons (Fsp3) is 0.186. The second kappa shape index (κ2) is 61.3. The molecule has 6 aromatic carbocycles. The van der Waals surface area contributed by atoms with Crippen LogP contribution in [0.15, 0.2) is 300 Å². The molecule has 17 aromatic rings. The number of unbranched alkanes of at least 4 members (excludes halogenated alkanes) is 2. The summed E-state index contributed by atoms with van der Waals surface area (Å²) in [5.74, 6) is 23.5. The number of hydrogen-bond acceptors (Lipinski definition) is 31. The summed E-state index contributed by atoms with van der Waals surface area (Å²) >= 11 is 0. The molecule has 0 bridgehead atoms. The molecule has 146 heavy (non-hydrogen) atoms. The Morgan fingerprint density at radius 2 is 0.521 bits per heavy atom. The number of nitrogens with one attached hydrogen (secondary N) is 6. The summed E-state index contributed by atoms with van der Waals surface area (Å²) < 4.78 is 25.8. The number of carbonyl (C=O) groups excluding carboxylic acids is 1. The van der Waals surface area contributed by atoms with E-state index < -0.39 is 0 Å². The number of pyridine rings is 11. The van der Waals surface area contributed by atoms with Crippen LogP contribution in [0.5, 0.6) is 28.7 Å². The van der Waals surface area contributed by atoms with Gasteiger partial charge in [0.15, 0.2) is 6.29 Å². The van der Waals surface area contributed by atoms with Gasteiger partial charge in [0, 0.05) is 180 Å². The molecule has 0 unspecified atom stereocenters. The standard InChI is InChI=1S/2C20H22N4O2.2C20H18N4O2.C20H17N3O2.C13H12N2.2ClH/c4*1-26-20-10-9-15(24-19(20)14-23-25)6-4-5-12-21-18-11-13-22-17-8-3-2-7-16(17)18;1-25-20-10-9-15(23-19(20)14-24)6-4-5-12-21-18-11-13-22-17-8-3-2-7-16(17)18;1-2-3-9-14-13-8-10-15-12-7-5-4-6-11(12)13;;/h2*2-3,7-11,13-14,25H,4-6,12H2,1H3,(H,21,22);2*2-3,7-11,13-14,25H,5,12H2,1H3,(H,21,22);2-3,7-11,13-14H,5,12H2,1H3,(H,21,22);1,4-8,10H,3,9H2,(H,14,15);2*1H/p-2/b4*23-14-;;;;. The molecule has 0 saturated heterocycles. The van der Waals surface area contributed by atoms with Crippen LogP contribution >= 0.6 is 0 Å². The number of rotatable bonds is 34. The van der Waals surface area contributed by atoms with Crippen LogP contribution in [0.25, 0.3) is 65.4 Å². The molecule has 0 radical (unpaired) electrons. The number of hydrogen-bond donors (Lipinski definition) is 10. The molecule has 11 heterocycles. The number of aromatic nitrogens is 11. The predicted molar refractivity (Wildman–Crippen MR) is 572 cm³/mol. The van der Waals surface area contributed by atoms with Crippen molar-refractivity contribution in [1.82, 2.24) is 54.8 Å². The SMILES string of the molecule is C#CCCNc1ccnc2ccccc12.COc1ccc(C#CCCNc2ccnc3ccccc23)nc1/C=N\O.COc1ccc(C#CCCNc2ccnc3ccccc23)nc1/C=N\O.COc1ccc(C#CCCNc2ccnc3ccccc23)nc1C=O.COc1ccc(CCCCNc2ccnc3ccccc23)nc1/C=N\O.COc1ccc(CCCCNc2ccnc3ccccc23)nc1/C=N\O.[Cl-].[Cl-]. The zero-order valence-electron chi connectivity index (χ0n) is 81.0. The van der Waals surface area contributed by atoms with Gasteiger partial charge in [0.2, 0.25) is 0 Å². The third-order valence-corrected chi connectivity index (χ3v) is 21.7. The minimum absolute atomic E-state index is 0. The summed E-state index contributed by atoms with van der Waals surface area (Å²) in [7, 11) is 7.71. The van der Waals surface area contributed by atoms with Crippen LogP contribution in [-0.4, -0.2) is 182 Å². The number of para-hydroxylation sites is 6. The molecule has 10 N–H and O–H groups in total. The van der Waals surface area contributed by atoms with E-state index in [1.165, 1.54) is 46.2 Å². The smallest absolute Gasteiger partial charge is 0.172 e. The Labute approximate surface area is 859 Å². The third kappa shape index (κ3) is 33.5. The van der Waals surface area contributed by atoms with Crippen LogP contribution in [0.3, 0.4) is 0 Å². The molecule has 0 amide bonds. The maximum atomic E-state index is 11.0. The summed E-state index contributed by atoms with van der Waals surface area (Å²) in [5, 5.41) is 74.0. The van der Waals surface area contributed by atoms with Crippen LogP contribution in [0, 0.1) is 47.9 Å². The number of ether oxygens (including phenoxy) is 5. The molecule has 0 aliphatic carbocycles. The highest BCUT2D eigenvalue weighted by Crippen LogP contribution is 2.29. The van der Waals surface area contributed by atoms with Crippen molar-refractivity contribution >= 4 is 131 Å². The number of oxime groups is 4. The van der Waals surface area contributed by atoms with Gasteiger partial charge >= 0.3 is 0 Å². The summed E-state index contributed by atoms with van der Waals surface area (Å²) in [6, 6.07) is 78.2. The quantitative estimate of drug-likeness (QED) is 0.00447. The van der Waals surface area contributed by atoms with Crippen molar-refractivity contribution in [3.8, 4) is 76.6 Å². The Balaban J connectivity index is 0.000000180. The van der Waals surface area contributed by atoms with E-state index in [2.05, 4.69) is 167 Å². The van der Waals surface area contributed by atoms with E-state index in [1.807, 2.05) is 200 Å². The number of nitrogens with zero attached hydrogens (tertiary/aromatic N) is 15. The maximum absolute atomic E-state index is 11.0. The highest BCUT2D eigenvalue weighted by molar-refractivity contribution is 5.96. The van der Waals surface area contributed by atoms with Gasteiger partial charge in [-0.05, 0) is 190 Å². The number of terminal acetylenes is 1. The highest BCUT2D eigenvalue weighted by Gasteiger charge is 2.13. The summed E-state index contributed by atoms with van der Waals surface area (Å²) in [4.78, 5) is 58.7. The zero-order chi connectivity index (χ0) is 101. The van der Waals surface area contributed by atoms with Crippen molar-refractivity contribution in [2.24, 2.45) is 20.6 Å². The Morgan fingerprint density at radius 1 is 0.288 bits per heavy atom. The van der Waals surface area contributed by atoms with Gasteiger partial charge in [0.05, 0.1) is 93.5 Å². The first-order chi connectivity index (χ1) is 71.0. The zero-order valence-corrected chi connectivity index (χ0v) is 82.6. The average Bonchev–Trinajstić information content (AvgIpc) is 0.841. The first-order valence-electron chi connectivity index (χ1n) is 46.2. The predicted octanol–water partition coefficient (Wildman–Crippen LogP) is 14.3. The number of carbonyl (C=O) groups is 1. The lowest BCUT2D eigenvalue weighted by molar-refractivity contribution is -0.001000. The van der Waals surface area contributed by atoms with Crippen LogP contribution in [0.4, 0.5) is 34.1 Å². The Kier molecular flexibility index (Phi) is 46.1. The van der Waals surface area contributed by atoms with Crippen molar-refractivity contribution in [2.75, 3.05) is 107 Å². The van der Waals surface area contributed by atoms with E-state index in [0.29, 0.717) is 114 Å². The van der Waals surface area contributed by atoms with Crippen LogP contribution < -0.4 is 80.4 Å². The monoisotopic (exact) mass is 1990 g/mol. The fourth-order valence-electron chi connectivity index (χ4n) is 14.7. The number of anilines is 6. The minimum Gasteiger partial charge on any atom is -1.00 e. The molecule has 0 spiro atoms. The van der Waals surface area contributed by atoms with Gasteiger partial charge in [-0.2, -0.15) is 0 Å². The van der Waals surface area contributed by atoms with E-state index >= 15 is 0 Å². The lowest BCUT2D eigenvalue weighted by Crippen LogP contribution is -3.00. The lowest BCUT2D eigenvalue weighted by atomic mass is 10.1. The first-order valence-corrected chi connectivity index (χ1v) is 46.2. The average molecular weight is 1990 g/mol. The molecule has 0 aliphatic rings. The van der Waals surface area contributed by atoms with E-state index in [-0.39, 0.29) is 30.5 Å². The molecule has 31 nitrogen and oxygen atoms in total. The van der Waals surface area contributed by atoms with Crippen LogP contribution in [0.2, 0.25) is 0 Å². The second-order valence-corrected chi connectivity index (χ2v) is 31.1. The van der Waals surface area contributed by atoms with Gasteiger partial charge < -0.3 is 101 Å². The van der Waals surface area contributed by atoms with Crippen LogP contribution in [0.1, 0.15) is 113 Å². The van der Waals surface area contributed by atoms with E-state index in [4.69, 9.17) is 50.9 Å². The Hall–Kier alpha value is -18.3. The normalized spacial score (nSPS) is 10.4. The second-order valence-electron chi connectivity index (χ2n) is 31.1. The molecule has 0 saturated carbocycles. The summed E-state index contributed by atoms with van der Waals surface area (Å²) in [5.41, 5.74) is 18.2. The number of benzene rings is 6. The van der Waals surface area contributed by atoms with Crippen molar-refractivity contribution < 1.29 is 74.1 Å². The number of methoxy groups -OCH3 is 5. The fourth-order valence-corrected chi connectivity index (χ4v) is 14.7. The number of fused-ring (bicyclic) bond motifs is 6. The first kappa shape index (κ1) is 110. The summed E-state index contributed by atoms with van der Waals surface area (Å²) in [6.45, 7) is 4.69. The van der Waals surface area contributed by atoms with Gasteiger partial charge in [0.1, 0.15) is 74.3 Å². The van der Waals surface area contributed by atoms with E-state index in [1.54, 1.807) is 75.4 Å². The Morgan fingerprint density at radius 3 is 0.774 bits per heavy atom. The van der Waals surface area contributed by atoms with E-state index in [9.17, 15) is 4.79 Å². The lowest BCUT2D eigenvalue weighted by Gasteiger charge is -2.09. The molecule has 11 aromatic heterocycles. The van der Waals surface area contributed by atoms with Gasteiger partial charge in [-0.25, -0.2) is 24.9 Å². The number of aldehydes is 1. The number of aryl methyl sites for hydroxylation is 2. The maximum Gasteiger partial charge on any atom is 0.172 e. The molecular weight excluding hydrogens is 1880 g/mol. The summed E-state index contributed by atoms with van der Waals surface area (Å²) in [6.07, 6.45) is 30.2. The van der Waals surface area contributed by atoms with Gasteiger partial charge in [0.25, 0.3) is 0 Å². The van der Waals surface area contributed by atoms with Crippen LogP contribution in [-0.2, 0) is 12.8 Å². The van der Waals surface area contributed by atoms with E-state index in [0.717, 1.165) is 176 Å². The molecule has 17 rings (SSSR count).